The second kappa shape index (κ2) is 5.41. The van der Waals surface area contributed by atoms with Gasteiger partial charge < -0.3 is 10.0 Å². The zero-order valence-corrected chi connectivity index (χ0v) is 9.78. The smallest absolute Gasteiger partial charge is 0.406 e. The SMILES string of the molecule is CN(CC(F)(F)F)C(=O)C1CC=CCC1C(=O)O. The molecule has 18 heavy (non-hydrogen) atoms. The van der Waals surface area contributed by atoms with Gasteiger partial charge in [0.1, 0.15) is 6.54 Å². The van der Waals surface area contributed by atoms with Crippen LogP contribution in [0.1, 0.15) is 12.8 Å². The first-order valence-electron chi connectivity index (χ1n) is 5.42. The fourth-order valence-corrected chi connectivity index (χ4v) is 1.99. The zero-order valence-electron chi connectivity index (χ0n) is 9.78. The van der Waals surface area contributed by atoms with E-state index < -0.39 is 36.4 Å². The Labute approximate surface area is 102 Å². The summed E-state index contributed by atoms with van der Waals surface area (Å²) in [5.74, 6) is -3.79. The molecule has 4 nitrogen and oxygen atoms in total. The number of hydrogen-bond donors (Lipinski definition) is 1. The van der Waals surface area contributed by atoms with Crippen molar-refractivity contribution < 1.29 is 27.9 Å². The van der Waals surface area contributed by atoms with E-state index in [0.29, 0.717) is 4.90 Å². The molecule has 7 heteroatoms. The Kier molecular flexibility index (Phi) is 4.37. The van der Waals surface area contributed by atoms with Crippen LogP contribution < -0.4 is 0 Å². The zero-order chi connectivity index (χ0) is 13.9. The largest absolute Gasteiger partial charge is 0.481 e. The lowest BCUT2D eigenvalue weighted by Crippen LogP contribution is -2.43. The summed E-state index contributed by atoms with van der Waals surface area (Å²) in [5, 5.41) is 8.95. The van der Waals surface area contributed by atoms with Crippen molar-refractivity contribution in [2.45, 2.75) is 19.0 Å². The molecule has 0 aromatic rings. The van der Waals surface area contributed by atoms with Crippen LogP contribution in [0.25, 0.3) is 0 Å². The molecule has 0 aromatic heterocycles. The Balaban J connectivity index is 2.75. The third kappa shape index (κ3) is 3.75. The van der Waals surface area contributed by atoms with E-state index in [2.05, 4.69) is 0 Å². The predicted molar refractivity (Wildman–Crippen MR) is 56.7 cm³/mol. The van der Waals surface area contributed by atoms with Gasteiger partial charge in [0.05, 0.1) is 11.8 Å². The lowest BCUT2D eigenvalue weighted by Gasteiger charge is -2.29. The second-order valence-electron chi connectivity index (χ2n) is 4.30. The number of hydrogen-bond acceptors (Lipinski definition) is 2. The van der Waals surface area contributed by atoms with Crippen molar-refractivity contribution in [1.82, 2.24) is 4.90 Å². The number of rotatable bonds is 3. The standard InChI is InChI=1S/C11H14F3NO3/c1-15(6-11(12,13)14)9(16)7-4-2-3-5-8(7)10(17)18/h2-3,7-8H,4-6H2,1H3,(H,17,18). The fraction of sp³-hybridized carbons (Fsp3) is 0.636. The van der Waals surface area contributed by atoms with Crippen molar-refractivity contribution in [3.05, 3.63) is 12.2 Å². The monoisotopic (exact) mass is 265 g/mol. The molecular formula is C11H14F3NO3. The number of halogens is 3. The van der Waals surface area contributed by atoms with Gasteiger partial charge in [0, 0.05) is 7.05 Å². The number of amides is 1. The number of carboxylic acid groups (broad SMARTS) is 1. The molecule has 0 radical (unpaired) electrons. The first-order chi connectivity index (χ1) is 8.22. The molecule has 0 aliphatic heterocycles. The van der Waals surface area contributed by atoms with Crippen LogP contribution in [-0.2, 0) is 9.59 Å². The van der Waals surface area contributed by atoms with Gasteiger partial charge >= 0.3 is 12.1 Å². The van der Waals surface area contributed by atoms with E-state index in [-0.39, 0.29) is 12.8 Å². The van der Waals surface area contributed by atoms with Gasteiger partial charge in [-0.25, -0.2) is 0 Å². The summed E-state index contributed by atoms with van der Waals surface area (Å²) >= 11 is 0. The van der Waals surface area contributed by atoms with Crippen molar-refractivity contribution in [1.29, 1.82) is 0 Å². The van der Waals surface area contributed by atoms with Crippen molar-refractivity contribution in [3.8, 4) is 0 Å². The number of carboxylic acids is 1. The summed E-state index contributed by atoms with van der Waals surface area (Å²) in [6, 6.07) is 0. The van der Waals surface area contributed by atoms with Gasteiger partial charge in [0.2, 0.25) is 5.91 Å². The highest BCUT2D eigenvalue weighted by Crippen LogP contribution is 2.28. The maximum atomic E-state index is 12.2. The average Bonchev–Trinajstić information content (AvgIpc) is 2.25. The van der Waals surface area contributed by atoms with Crippen molar-refractivity contribution >= 4 is 11.9 Å². The van der Waals surface area contributed by atoms with Gasteiger partial charge in [0.25, 0.3) is 0 Å². The molecule has 0 fully saturated rings. The van der Waals surface area contributed by atoms with Gasteiger partial charge in [-0.2, -0.15) is 13.2 Å². The molecule has 1 aliphatic rings. The minimum Gasteiger partial charge on any atom is -0.481 e. The molecule has 1 amide bonds. The molecule has 0 saturated carbocycles. The van der Waals surface area contributed by atoms with Crippen LogP contribution in [0, 0.1) is 11.8 Å². The summed E-state index contributed by atoms with van der Waals surface area (Å²) in [6.45, 7) is -1.36. The van der Waals surface area contributed by atoms with E-state index in [1.54, 1.807) is 12.2 Å². The van der Waals surface area contributed by atoms with E-state index in [0.717, 1.165) is 7.05 Å². The summed E-state index contributed by atoms with van der Waals surface area (Å²) in [4.78, 5) is 23.3. The number of allylic oxidation sites excluding steroid dienone is 2. The highest BCUT2D eigenvalue weighted by atomic mass is 19.4. The molecule has 0 saturated heterocycles. The average molecular weight is 265 g/mol. The third-order valence-electron chi connectivity index (χ3n) is 2.86. The number of alkyl halides is 3. The molecule has 1 N–H and O–H groups in total. The van der Waals surface area contributed by atoms with Crippen LogP contribution in [0.2, 0.25) is 0 Å². The van der Waals surface area contributed by atoms with Crippen molar-refractivity contribution in [2.24, 2.45) is 11.8 Å². The number of aliphatic carboxylic acids is 1. The number of nitrogens with zero attached hydrogens (tertiary/aromatic N) is 1. The highest BCUT2D eigenvalue weighted by molar-refractivity contribution is 5.85. The molecule has 1 rings (SSSR count). The van der Waals surface area contributed by atoms with Crippen molar-refractivity contribution in [2.75, 3.05) is 13.6 Å². The molecule has 0 spiro atoms. The number of carbonyl (C=O) groups excluding carboxylic acids is 1. The topological polar surface area (TPSA) is 57.6 Å². The lowest BCUT2D eigenvalue weighted by molar-refractivity contribution is -0.164. The van der Waals surface area contributed by atoms with Crippen molar-refractivity contribution in [3.63, 3.8) is 0 Å². The molecule has 2 atom stereocenters. The van der Waals surface area contributed by atoms with E-state index in [9.17, 15) is 22.8 Å². The molecule has 2 unspecified atom stereocenters. The third-order valence-corrected chi connectivity index (χ3v) is 2.86. The minimum absolute atomic E-state index is 0.165. The van der Waals surface area contributed by atoms with E-state index in [1.165, 1.54) is 0 Å². The Morgan fingerprint density at radius 2 is 1.78 bits per heavy atom. The maximum Gasteiger partial charge on any atom is 0.406 e. The van der Waals surface area contributed by atoms with Gasteiger partial charge in [-0.3, -0.25) is 9.59 Å². The van der Waals surface area contributed by atoms with Crippen LogP contribution >= 0.6 is 0 Å². The molecule has 1 aliphatic carbocycles. The molecule has 0 bridgehead atoms. The molecular weight excluding hydrogens is 251 g/mol. The van der Waals surface area contributed by atoms with E-state index >= 15 is 0 Å². The van der Waals surface area contributed by atoms with E-state index in [4.69, 9.17) is 5.11 Å². The molecule has 0 aromatic carbocycles. The number of carbonyl (C=O) groups is 2. The van der Waals surface area contributed by atoms with Gasteiger partial charge in [-0.15, -0.1) is 0 Å². The van der Waals surface area contributed by atoms with E-state index in [1.807, 2.05) is 0 Å². The van der Waals surface area contributed by atoms with Crippen LogP contribution in [0.4, 0.5) is 13.2 Å². The first kappa shape index (κ1) is 14.5. The Bertz CT molecular complexity index is 365. The van der Waals surface area contributed by atoms with Crippen LogP contribution in [0.5, 0.6) is 0 Å². The predicted octanol–water partition coefficient (Wildman–Crippen LogP) is 1.67. The highest BCUT2D eigenvalue weighted by Gasteiger charge is 2.38. The van der Waals surface area contributed by atoms with Crippen LogP contribution in [-0.4, -0.2) is 41.7 Å². The maximum absolute atomic E-state index is 12.2. The van der Waals surface area contributed by atoms with Gasteiger partial charge in [-0.1, -0.05) is 12.2 Å². The molecule has 102 valence electrons. The second-order valence-corrected chi connectivity index (χ2v) is 4.30. The minimum atomic E-state index is -4.48. The van der Waals surface area contributed by atoms with Crippen LogP contribution in [0.15, 0.2) is 12.2 Å². The fourth-order valence-electron chi connectivity index (χ4n) is 1.99. The van der Waals surface area contributed by atoms with Gasteiger partial charge in [0.15, 0.2) is 0 Å². The van der Waals surface area contributed by atoms with Gasteiger partial charge in [-0.05, 0) is 12.8 Å². The Morgan fingerprint density at radius 1 is 1.28 bits per heavy atom. The summed E-state index contributed by atoms with van der Waals surface area (Å²) in [5.41, 5.74) is 0. The summed E-state index contributed by atoms with van der Waals surface area (Å²) < 4.78 is 36.5. The lowest BCUT2D eigenvalue weighted by atomic mass is 9.82. The quantitative estimate of drug-likeness (QED) is 0.790. The van der Waals surface area contributed by atoms with Crippen LogP contribution in [0.3, 0.4) is 0 Å². The first-order valence-corrected chi connectivity index (χ1v) is 5.42. The summed E-state index contributed by atoms with van der Waals surface area (Å²) in [6.07, 6.45) is -0.882. The Morgan fingerprint density at radius 3 is 2.22 bits per heavy atom. The molecule has 0 heterocycles. The Hall–Kier alpha value is -1.53. The summed E-state index contributed by atoms with van der Waals surface area (Å²) in [7, 11) is 1.03. The normalized spacial score (nSPS) is 23.8.